The van der Waals surface area contributed by atoms with E-state index in [2.05, 4.69) is 10.6 Å². The first kappa shape index (κ1) is 19.8. The van der Waals surface area contributed by atoms with E-state index in [0.29, 0.717) is 27.7 Å². The molecule has 30 heavy (non-hydrogen) atoms. The lowest BCUT2D eigenvalue weighted by atomic mass is 9.95. The highest BCUT2D eigenvalue weighted by molar-refractivity contribution is 6.31. The highest BCUT2D eigenvalue weighted by Crippen LogP contribution is 2.37. The van der Waals surface area contributed by atoms with Gasteiger partial charge in [-0.05, 0) is 35.9 Å². The summed E-state index contributed by atoms with van der Waals surface area (Å²) < 4.78 is 10.2. The smallest absolute Gasteiger partial charge is 0.338 e. The van der Waals surface area contributed by atoms with Gasteiger partial charge in [0.1, 0.15) is 18.9 Å². The summed E-state index contributed by atoms with van der Waals surface area (Å²) in [7, 11) is 1.55. The topological polar surface area (TPSA) is 97.0 Å². The van der Waals surface area contributed by atoms with E-state index in [1.165, 1.54) is 4.90 Å². The zero-order valence-electron chi connectivity index (χ0n) is 16.0. The molecule has 2 N–H and O–H groups in total. The van der Waals surface area contributed by atoms with Crippen LogP contribution in [0.4, 0.5) is 10.5 Å². The van der Waals surface area contributed by atoms with E-state index in [0.717, 1.165) is 0 Å². The lowest BCUT2D eigenvalue weighted by molar-refractivity contribution is -0.136. The van der Waals surface area contributed by atoms with E-state index in [1.807, 2.05) is 0 Å². The molecule has 2 aliphatic rings. The molecule has 8 nitrogen and oxygen atoms in total. The van der Waals surface area contributed by atoms with Gasteiger partial charge in [0.25, 0.3) is 0 Å². The van der Waals surface area contributed by atoms with Crippen LogP contribution in [0.25, 0.3) is 0 Å². The van der Waals surface area contributed by atoms with Crippen molar-refractivity contribution in [3.63, 3.8) is 0 Å². The summed E-state index contributed by atoms with van der Waals surface area (Å²) in [6.07, 6.45) is 0. The van der Waals surface area contributed by atoms with E-state index >= 15 is 0 Å². The number of rotatable bonds is 5. The Balaban J connectivity index is 1.57. The van der Waals surface area contributed by atoms with Crippen molar-refractivity contribution in [1.29, 1.82) is 0 Å². The summed E-state index contributed by atoms with van der Waals surface area (Å²) in [5, 5.41) is 5.89. The second kappa shape index (κ2) is 8.08. The molecule has 0 saturated carbocycles. The number of nitrogens with one attached hydrogen (secondary N) is 2. The van der Waals surface area contributed by atoms with Crippen molar-refractivity contribution in [3.8, 4) is 5.75 Å². The van der Waals surface area contributed by atoms with Crippen LogP contribution in [0.1, 0.15) is 11.6 Å². The van der Waals surface area contributed by atoms with Crippen molar-refractivity contribution in [1.82, 2.24) is 10.2 Å². The molecule has 0 aliphatic carbocycles. The lowest BCUT2D eigenvalue weighted by Gasteiger charge is -2.32. The first-order valence-corrected chi connectivity index (χ1v) is 9.52. The van der Waals surface area contributed by atoms with Gasteiger partial charge in [-0.3, -0.25) is 9.69 Å². The summed E-state index contributed by atoms with van der Waals surface area (Å²) in [6.45, 7) is -0.360. The fourth-order valence-electron chi connectivity index (χ4n) is 3.44. The van der Waals surface area contributed by atoms with Crippen molar-refractivity contribution in [2.45, 2.75) is 6.04 Å². The van der Waals surface area contributed by atoms with Crippen molar-refractivity contribution < 1.29 is 23.9 Å². The molecule has 154 valence electrons. The molecule has 0 bridgehead atoms. The predicted octanol–water partition coefficient (Wildman–Crippen LogP) is 2.86. The van der Waals surface area contributed by atoms with Gasteiger partial charge in [0.2, 0.25) is 5.91 Å². The van der Waals surface area contributed by atoms with Crippen molar-refractivity contribution >= 4 is 35.2 Å². The molecule has 0 aromatic heterocycles. The lowest BCUT2D eigenvalue weighted by Crippen LogP contribution is -2.49. The third-order valence-electron chi connectivity index (χ3n) is 4.89. The Morgan fingerprint density at radius 1 is 1.23 bits per heavy atom. The number of ether oxygens (including phenoxy) is 2. The largest absolute Gasteiger partial charge is 0.497 e. The van der Waals surface area contributed by atoms with E-state index in [9.17, 15) is 14.4 Å². The molecule has 2 aromatic rings. The van der Waals surface area contributed by atoms with E-state index < -0.39 is 23.9 Å². The number of esters is 1. The molecule has 2 heterocycles. The van der Waals surface area contributed by atoms with E-state index in [4.69, 9.17) is 21.1 Å². The minimum Gasteiger partial charge on any atom is -0.497 e. The molecule has 3 amide bonds. The Labute approximate surface area is 177 Å². The summed E-state index contributed by atoms with van der Waals surface area (Å²) in [6, 6.07) is 12.5. The number of methoxy groups -OCH3 is 1. The number of carbonyl (C=O) groups excluding carboxylic acids is 3. The molecule has 0 unspecified atom stereocenters. The summed E-state index contributed by atoms with van der Waals surface area (Å²) in [5.41, 5.74) is 1.78. The SMILES string of the molecule is COc1ccc(NC(=O)CN2C(=O)N[C@@H](c3ccccc3Cl)C3=C2COC3=O)cc1. The van der Waals surface area contributed by atoms with Crippen LogP contribution in [0.15, 0.2) is 59.8 Å². The molecule has 2 aromatic carbocycles. The molecule has 0 saturated heterocycles. The zero-order chi connectivity index (χ0) is 21.3. The fourth-order valence-corrected chi connectivity index (χ4v) is 3.68. The summed E-state index contributed by atoms with van der Waals surface area (Å²) in [4.78, 5) is 38.9. The Kier molecular flexibility index (Phi) is 5.33. The van der Waals surface area contributed by atoms with Gasteiger partial charge < -0.3 is 20.1 Å². The van der Waals surface area contributed by atoms with Gasteiger partial charge in [-0.15, -0.1) is 0 Å². The number of urea groups is 1. The van der Waals surface area contributed by atoms with Crippen LogP contribution in [0.5, 0.6) is 5.75 Å². The second-order valence-electron chi connectivity index (χ2n) is 6.70. The number of halogens is 1. The average molecular weight is 428 g/mol. The van der Waals surface area contributed by atoms with Gasteiger partial charge in [0.05, 0.1) is 24.4 Å². The number of benzene rings is 2. The van der Waals surface area contributed by atoms with Crippen molar-refractivity contribution in [3.05, 3.63) is 70.4 Å². The number of cyclic esters (lactones) is 1. The molecule has 1 atom stereocenters. The molecule has 4 rings (SSSR count). The van der Waals surface area contributed by atoms with Gasteiger partial charge >= 0.3 is 12.0 Å². The molecular weight excluding hydrogens is 410 g/mol. The maximum absolute atomic E-state index is 12.8. The number of nitrogens with zero attached hydrogens (tertiary/aromatic N) is 1. The maximum atomic E-state index is 12.8. The predicted molar refractivity (Wildman–Crippen MR) is 109 cm³/mol. The second-order valence-corrected chi connectivity index (χ2v) is 7.11. The molecular formula is C21H18ClN3O5. The molecule has 9 heteroatoms. The molecule has 0 fully saturated rings. The number of hydrogen-bond acceptors (Lipinski definition) is 5. The Hall–Kier alpha value is -3.52. The van der Waals surface area contributed by atoms with Crippen LogP contribution in [0, 0.1) is 0 Å². The number of carbonyl (C=O) groups is 3. The van der Waals surface area contributed by atoms with Crippen molar-refractivity contribution in [2.75, 3.05) is 25.6 Å². The van der Waals surface area contributed by atoms with E-state index in [-0.39, 0.29) is 18.7 Å². The third kappa shape index (κ3) is 3.69. The first-order chi connectivity index (χ1) is 14.5. The third-order valence-corrected chi connectivity index (χ3v) is 5.23. The highest BCUT2D eigenvalue weighted by atomic mass is 35.5. The van der Waals surface area contributed by atoms with Gasteiger partial charge in [0.15, 0.2) is 0 Å². The minimum absolute atomic E-state index is 0.0850. The van der Waals surface area contributed by atoms with Gasteiger partial charge in [-0.2, -0.15) is 0 Å². The van der Waals surface area contributed by atoms with Crippen LogP contribution >= 0.6 is 11.6 Å². The number of amides is 3. The van der Waals surface area contributed by atoms with Crippen LogP contribution in [0.2, 0.25) is 5.02 Å². The fraction of sp³-hybridized carbons (Fsp3) is 0.190. The van der Waals surface area contributed by atoms with E-state index in [1.54, 1.807) is 55.6 Å². The van der Waals surface area contributed by atoms with Crippen LogP contribution in [-0.2, 0) is 14.3 Å². The number of anilines is 1. The number of hydrogen-bond donors (Lipinski definition) is 2. The summed E-state index contributed by atoms with van der Waals surface area (Å²) >= 11 is 6.26. The zero-order valence-corrected chi connectivity index (χ0v) is 16.7. The molecule has 2 aliphatic heterocycles. The first-order valence-electron chi connectivity index (χ1n) is 9.14. The van der Waals surface area contributed by atoms with Gasteiger partial charge in [-0.25, -0.2) is 9.59 Å². The monoisotopic (exact) mass is 427 g/mol. The Bertz CT molecular complexity index is 1050. The Morgan fingerprint density at radius 3 is 2.67 bits per heavy atom. The van der Waals surface area contributed by atoms with Crippen LogP contribution in [-0.4, -0.2) is 43.1 Å². The standard InChI is InChI=1S/C21H18ClN3O5/c1-29-13-8-6-12(7-9-13)23-17(26)10-25-16-11-30-20(27)18(16)19(24-21(25)28)14-4-2-3-5-15(14)22/h2-9,19H,10-11H2,1H3,(H,23,26)(H,24,28)/t19-/m0/s1. The minimum atomic E-state index is -0.739. The molecule has 0 spiro atoms. The average Bonchev–Trinajstić information content (AvgIpc) is 3.12. The van der Waals surface area contributed by atoms with Crippen LogP contribution < -0.4 is 15.4 Å². The quantitative estimate of drug-likeness (QED) is 0.715. The normalized spacial score (nSPS) is 17.9. The molecule has 0 radical (unpaired) electrons. The van der Waals surface area contributed by atoms with Crippen LogP contribution in [0.3, 0.4) is 0 Å². The van der Waals surface area contributed by atoms with Crippen molar-refractivity contribution in [2.24, 2.45) is 0 Å². The van der Waals surface area contributed by atoms with Gasteiger partial charge in [-0.1, -0.05) is 29.8 Å². The highest BCUT2D eigenvalue weighted by Gasteiger charge is 2.43. The summed E-state index contributed by atoms with van der Waals surface area (Å²) in [5.74, 6) is -0.307. The Morgan fingerprint density at radius 2 is 1.97 bits per heavy atom. The maximum Gasteiger partial charge on any atom is 0.338 e. The van der Waals surface area contributed by atoms with Gasteiger partial charge in [0, 0.05) is 10.7 Å².